The Kier molecular flexibility index (Phi) is 3.24. The van der Waals surface area contributed by atoms with Crippen molar-refractivity contribution in [3.63, 3.8) is 0 Å². The van der Waals surface area contributed by atoms with Crippen molar-refractivity contribution in [2.75, 3.05) is 7.11 Å². The van der Waals surface area contributed by atoms with Gasteiger partial charge in [0.05, 0.1) is 18.8 Å². The van der Waals surface area contributed by atoms with Gasteiger partial charge in [0, 0.05) is 7.11 Å². The topological polar surface area (TPSA) is 64.3 Å². The summed E-state index contributed by atoms with van der Waals surface area (Å²) in [6.45, 7) is 4.16. The molecule has 5 heteroatoms. The molecule has 0 aromatic carbocycles. The van der Waals surface area contributed by atoms with Crippen molar-refractivity contribution >= 4 is 5.97 Å². The van der Waals surface area contributed by atoms with Crippen LogP contribution in [0, 0.1) is 6.92 Å². The number of nitrogens with zero attached hydrogens (tertiary/aromatic N) is 2. The molecule has 0 aliphatic carbocycles. The van der Waals surface area contributed by atoms with E-state index >= 15 is 0 Å². The number of methoxy groups -OCH3 is 1. The van der Waals surface area contributed by atoms with Crippen molar-refractivity contribution in [1.29, 1.82) is 0 Å². The molecule has 0 saturated carbocycles. The molecule has 0 aliphatic rings. The van der Waals surface area contributed by atoms with Gasteiger partial charge >= 0.3 is 5.97 Å². The predicted molar refractivity (Wildman–Crippen MR) is 50.4 cm³/mol. The number of hydrogen-bond donors (Lipinski definition) is 1. The van der Waals surface area contributed by atoms with Crippen LogP contribution in [0.1, 0.15) is 23.2 Å². The molecular weight excluding hydrogens is 184 g/mol. The molecule has 5 nitrogen and oxygen atoms in total. The first-order valence-electron chi connectivity index (χ1n) is 4.34. The van der Waals surface area contributed by atoms with Crippen LogP contribution in [0.5, 0.6) is 0 Å². The first-order chi connectivity index (χ1) is 6.56. The third-order valence-electron chi connectivity index (χ3n) is 2.12. The molecule has 0 aliphatic heterocycles. The Morgan fingerprint density at radius 2 is 2.43 bits per heavy atom. The number of carboxylic acids is 1. The summed E-state index contributed by atoms with van der Waals surface area (Å²) in [5.41, 5.74) is 0.200. The van der Waals surface area contributed by atoms with E-state index in [4.69, 9.17) is 9.84 Å². The highest BCUT2D eigenvalue weighted by atomic mass is 16.5. The number of aryl methyl sites for hydroxylation is 1. The Morgan fingerprint density at radius 1 is 1.79 bits per heavy atom. The third kappa shape index (κ3) is 2.11. The highest BCUT2D eigenvalue weighted by Crippen LogP contribution is 2.07. The molecule has 1 heterocycles. The van der Waals surface area contributed by atoms with Gasteiger partial charge in [0.2, 0.25) is 0 Å². The average molecular weight is 198 g/mol. The molecule has 1 aromatic rings. The summed E-state index contributed by atoms with van der Waals surface area (Å²) in [5.74, 6) is -0.278. The highest BCUT2D eigenvalue weighted by molar-refractivity contribution is 5.85. The summed E-state index contributed by atoms with van der Waals surface area (Å²) >= 11 is 0. The lowest BCUT2D eigenvalue weighted by Gasteiger charge is -2.12. The number of imidazole rings is 1. The van der Waals surface area contributed by atoms with Crippen molar-refractivity contribution in [1.82, 2.24) is 9.55 Å². The zero-order valence-electron chi connectivity index (χ0n) is 8.52. The molecule has 1 rings (SSSR count). The molecule has 0 saturated heterocycles. The number of rotatable bonds is 4. The number of carbonyl (C=O) groups is 1. The van der Waals surface area contributed by atoms with Gasteiger partial charge in [-0.15, -0.1) is 0 Å². The summed E-state index contributed by atoms with van der Waals surface area (Å²) in [5, 5.41) is 8.86. The summed E-state index contributed by atoms with van der Waals surface area (Å²) in [7, 11) is 1.59. The molecule has 1 N–H and O–H groups in total. The lowest BCUT2D eigenvalue weighted by atomic mass is 10.3. The summed E-state index contributed by atoms with van der Waals surface area (Å²) in [6.07, 6.45) is 1.33. The molecule has 14 heavy (non-hydrogen) atoms. The maximum absolute atomic E-state index is 10.8. The van der Waals surface area contributed by atoms with E-state index < -0.39 is 5.97 Å². The van der Waals surface area contributed by atoms with Crippen LogP contribution in [0.15, 0.2) is 6.20 Å². The van der Waals surface area contributed by atoms with Gasteiger partial charge < -0.3 is 14.4 Å². The Morgan fingerprint density at radius 3 is 2.93 bits per heavy atom. The molecule has 0 spiro atoms. The number of aromatic nitrogens is 2. The molecular formula is C9H14N2O3. The molecule has 78 valence electrons. The second kappa shape index (κ2) is 4.23. The fourth-order valence-electron chi connectivity index (χ4n) is 1.20. The van der Waals surface area contributed by atoms with Gasteiger partial charge in [-0.05, 0) is 13.8 Å². The zero-order valence-corrected chi connectivity index (χ0v) is 8.52. The summed E-state index contributed by atoms with van der Waals surface area (Å²) < 4.78 is 6.71. The second-order valence-electron chi connectivity index (χ2n) is 3.15. The maximum Gasteiger partial charge on any atom is 0.354 e. The number of hydrogen-bond acceptors (Lipinski definition) is 3. The standard InChI is InChI=1S/C9H14N2O3/c1-6(14-3)5-11-7(2)10-4-8(11)9(12)13/h4,6H,5H2,1-3H3,(H,12,13). The minimum absolute atomic E-state index is 0.0269. The monoisotopic (exact) mass is 198 g/mol. The van der Waals surface area contributed by atoms with Crippen LogP contribution in [0.3, 0.4) is 0 Å². The van der Waals surface area contributed by atoms with Gasteiger partial charge in [0.25, 0.3) is 0 Å². The molecule has 1 atom stereocenters. The highest BCUT2D eigenvalue weighted by Gasteiger charge is 2.14. The number of aromatic carboxylic acids is 1. The number of ether oxygens (including phenoxy) is 1. The largest absolute Gasteiger partial charge is 0.477 e. The van der Waals surface area contributed by atoms with E-state index in [1.165, 1.54) is 6.20 Å². The third-order valence-corrected chi connectivity index (χ3v) is 2.12. The van der Waals surface area contributed by atoms with E-state index in [1.54, 1.807) is 18.6 Å². The average Bonchev–Trinajstić information content (AvgIpc) is 2.48. The van der Waals surface area contributed by atoms with Gasteiger partial charge in [0.15, 0.2) is 0 Å². The van der Waals surface area contributed by atoms with E-state index in [0.717, 1.165) is 0 Å². The fourth-order valence-corrected chi connectivity index (χ4v) is 1.20. The molecule has 0 radical (unpaired) electrons. The lowest BCUT2D eigenvalue weighted by Crippen LogP contribution is -2.19. The van der Waals surface area contributed by atoms with Crippen LogP contribution >= 0.6 is 0 Å². The van der Waals surface area contributed by atoms with Gasteiger partial charge in [0.1, 0.15) is 11.5 Å². The van der Waals surface area contributed by atoms with Gasteiger partial charge in [-0.25, -0.2) is 9.78 Å². The van der Waals surface area contributed by atoms with Crippen molar-refractivity contribution in [3.8, 4) is 0 Å². The van der Waals surface area contributed by atoms with Crippen molar-refractivity contribution in [2.45, 2.75) is 26.5 Å². The molecule has 1 unspecified atom stereocenters. The molecule has 1 aromatic heterocycles. The van der Waals surface area contributed by atoms with E-state index in [1.807, 2.05) is 6.92 Å². The predicted octanol–water partition coefficient (Wildman–Crippen LogP) is 0.925. The van der Waals surface area contributed by atoms with Gasteiger partial charge in [-0.3, -0.25) is 0 Å². The molecule has 0 amide bonds. The normalized spacial score (nSPS) is 12.8. The van der Waals surface area contributed by atoms with E-state index in [0.29, 0.717) is 12.4 Å². The van der Waals surface area contributed by atoms with E-state index in [2.05, 4.69) is 4.98 Å². The Balaban J connectivity index is 2.93. The van der Waals surface area contributed by atoms with Crippen molar-refractivity contribution in [3.05, 3.63) is 17.7 Å². The van der Waals surface area contributed by atoms with Crippen LogP contribution in [0.2, 0.25) is 0 Å². The van der Waals surface area contributed by atoms with Gasteiger partial charge in [-0.2, -0.15) is 0 Å². The fraction of sp³-hybridized carbons (Fsp3) is 0.556. The maximum atomic E-state index is 10.8. The first-order valence-corrected chi connectivity index (χ1v) is 4.34. The van der Waals surface area contributed by atoms with Crippen LogP contribution in [0.4, 0.5) is 0 Å². The van der Waals surface area contributed by atoms with Crippen molar-refractivity contribution < 1.29 is 14.6 Å². The van der Waals surface area contributed by atoms with Gasteiger partial charge in [-0.1, -0.05) is 0 Å². The van der Waals surface area contributed by atoms with E-state index in [9.17, 15) is 4.79 Å². The quantitative estimate of drug-likeness (QED) is 0.781. The van der Waals surface area contributed by atoms with Crippen LogP contribution in [-0.2, 0) is 11.3 Å². The Labute approximate surface area is 82.3 Å². The summed E-state index contributed by atoms with van der Waals surface area (Å²) in [4.78, 5) is 14.8. The molecule has 0 bridgehead atoms. The van der Waals surface area contributed by atoms with Crippen LogP contribution in [0.25, 0.3) is 0 Å². The SMILES string of the molecule is COC(C)Cn1c(C(=O)O)cnc1C. The molecule has 0 fully saturated rings. The van der Waals surface area contributed by atoms with Crippen molar-refractivity contribution in [2.24, 2.45) is 0 Å². The summed E-state index contributed by atoms with van der Waals surface area (Å²) in [6, 6.07) is 0. The smallest absolute Gasteiger partial charge is 0.354 e. The Bertz CT molecular complexity index is 333. The zero-order chi connectivity index (χ0) is 10.7. The first kappa shape index (κ1) is 10.7. The minimum atomic E-state index is -0.964. The van der Waals surface area contributed by atoms with E-state index in [-0.39, 0.29) is 11.8 Å². The minimum Gasteiger partial charge on any atom is -0.477 e. The second-order valence-corrected chi connectivity index (χ2v) is 3.15. The van der Waals surface area contributed by atoms with Crippen LogP contribution in [-0.4, -0.2) is 33.8 Å². The lowest BCUT2D eigenvalue weighted by molar-refractivity contribution is 0.0671. The number of carboxylic acid groups (broad SMARTS) is 1. The Hall–Kier alpha value is -1.36. The van der Waals surface area contributed by atoms with Crippen LogP contribution < -0.4 is 0 Å².